The molecule has 1 aromatic carbocycles. The summed E-state index contributed by atoms with van der Waals surface area (Å²) in [4.78, 5) is 15.2. The fraction of sp³-hybridized carbons (Fsp3) is 0.667. The molecule has 3 rings (SSSR count). The Morgan fingerprint density at radius 3 is 2.25 bits per heavy atom. The topological polar surface area (TPSA) is 32.8 Å². The van der Waals surface area contributed by atoms with Gasteiger partial charge in [0.2, 0.25) is 0 Å². The second kappa shape index (κ2) is 9.07. The maximum absolute atomic E-state index is 13.8. The standard InChI is InChI=1S/C21H25F7N2O2/c1-2-15-12-14(4-5-16(15)22)13-30-9-3-6-19(30)7-10-29(11-8-19)18(31)32-17(20(23,24)25)21(26,27)28/h4-5,12,17H,2-3,6-11,13H2,1H3. The van der Waals surface area contributed by atoms with Crippen LogP contribution in [0.3, 0.4) is 0 Å². The summed E-state index contributed by atoms with van der Waals surface area (Å²) < 4.78 is 93.7. The third-order valence-electron chi connectivity index (χ3n) is 6.37. The van der Waals surface area contributed by atoms with Gasteiger partial charge in [-0.05, 0) is 55.8 Å². The highest BCUT2D eigenvalue weighted by atomic mass is 19.4. The van der Waals surface area contributed by atoms with E-state index >= 15 is 0 Å². The van der Waals surface area contributed by atoms with E-state index in [2.05, 4.69) is 9.64 Å². The third kappa shape index (κ3) is 5.29. The van der Waals surface area contributed by atoms with Gasteiger partial charge in [-0.1, -0.05) is 19.1 Å². The van der Waals surface area contributed by atoms with Crippen LogP contribution < -0.4 is 0 Å². The highest BCUT2D eigenvalue weighted by Crippen LogP contribution is 2.40. The van der Waals surface area contributed by atoms with Gasteiger partial charge in [0.05, 0.1) is 0 Å². The van der Waals surface area contributed by atoms with Crippen molar-refractivity contribution < 1.29 is 40.3 Å². The minimum absolute atomic E-state index is 0.00138. The van der Waals surface area contributed by atoms with E-state index in [1.54, 1.807) is 6.07 Å². The zero-order valence-electron chi connectivity index (χ0n) is 17.5. The fourth-order valence-corrected chi connectivity index (χ4v) is 4.63. The SMILES string of the molecule is CCc1cc(CN2CCCC23CCN(C(=O)OC(C(F)(F)F)C(F)(F)F)CC3)ccc1F. The number of hydrogen-bond donors (Lipinski definition) is 0. The molecule has 0 atom stereocenters. The number of hydrogen-bond acceptors (Lipinski definition) is 3. The van der Waals surface area contributed by atoms with Crippen LogP contribution >= 0.6 is 0 Å². The number of ether oxygens (including phenoxy) is 1. The molecule has 1 spiro atoms. The predicted octanol–water partition coefficient (Wildman–Crippen LogP) is 5.45. The second-order valence-corrected chi connectivity index (χ2v) is 8.36. The molecule has 1 amide bonds. The highest BCUT2D eigenvalue weighted by molar-refractivity contribution is 5.68. The Labute approximate surface area is 181 Å². The lowest BCUT2D eigenvalue weighted by Gasteiger charge is -2.45. The van der Waals surface area contributed by atoms with Gasteiger partial charge < -0.3 is 9.64 Å². The normalized spacial score (nSPS) is 19.7. The Hall–Kier alpha value is -2.04. The lowest BCUT2D eigenvalue weighted by Crippen LogP contribution is -2.54. The van der Waals surface area contributed by atoms with Crippen molar-refractivity contribution in [3.8, 4) is 0 Å². The number of alkyl halides is 6. The first-order valence-electron chi connectivity index (χ1n) is 10.5. The van der Waals surface area contributed by atoms with Gasteiger partial charge in [-0.15, -0.1) is 0 Å². The van der Waals surface area contributed by atoms with E-state index in [0.29, 0.717) is 31.4 Å². The molecule has 0 saturated carbocycles. The van der Waals surface area contributed by atoms with Gasteiger partial charge in [-0.2, -0.15) is 26.3 Å². The molecule has 0 bridgehead atoms. The van der Waals surface area contributed by atoms with Gasteiger partial charge in [0, 0.05) is 25.2 Å². The minimum atomic E-state index is -5.74. The molecule has 0 radical (unpaired) electrons. The molecule has 2 heterocycles. The summed E-state index contributed by atoms with van der Waals surface area (Å²) in [6.07, 6.45) is -14.2. The fourth-order valence-electron chi connectivity index (χ4n) is 4.63. The monoisotopic (exact) mass is 470 g/mol. The van der Waals surface area contributed by atoms with Crippen LogP contribution in [-0.2, 0) is 17.7 Å². The van der Waals surface area contributed by atoms with Crippen molar-refractivity contribution in [3.63, 3.8) is 0 Å². The molecule has 11 heteroatoms. The molecule has 180 valence electrons. The molecule has 2 saturated heterocycles. The third-order valence-corrected chi connectivity index (χ3v) is 6.37. The lowest BCUT2D eigenvalue weighted by molar-refractivity contribution is -0.308. The molecule has 2 fully saturated rings. The Morgan fingerprint density at radius 1 is 1.06 bits per heavy atom. The number of amides is 1. The van der Waals surface area contributed by atoms with E-state index in [-0.39, 0.29) is 24.4 Å². The molecule has 2 aliphatic heterocycles. The van der Waals surface area contributed by atoms with Gasteiger partial charge in [-0.25, -0.2) is 9.18 Å². The predicted molar refractivity (Wildman–Crippen MR) is 101 cm³/mol. The number of carbonyl (C=O) groups excluding carboxylic acids is 1. The van der Waals surface area contributed by atoms with Crippen LogP contribution in [0.4, 0.5) is 35.5 Å². The zero-order chi connectivity index (χ0) is 23.7. The molecule has 0 unspecified atom stereocenters. The van der Waals surface area contributed by atoms with Crippen LogP contribution in [0, 0.1) is 5.82 Å². The van der Waals surface area contributed by atoms with Crippen molar-refractivity contribution in [2.75, 3.05) is 19.6 Å². The molecular formula is C21H25F7N2O2. The summed E-state index contributed by atoms with van der Waals surface area (Å²) in [5.74, 6) is -0.268. The Kier molecular flexibility index (Phi) is 6.97. The number of halogens is 7. The first-order valence-corrected chi connectivity index (χ1v) is 10.5. The first-order chi connectivity index (χ1) is 14.9. The van der Waals surface area contributed by atoms with E-state index < -0.39 is 24.5 Å². The van der Waals surface area contributed by atoms with Gasteiger partial charge in [0.25, 0.3) is 6.10 Å². The first kappa shape index (κ1) is 24.6. The summed E-state index contributed by atoms with van der Waals surface area (Å²) in [6.45, 7) is 3.19. The number of likely N-dealkylation sites (tertiary alicyclic amines) is 2. The molecule has 2 aliphatic rings. The second-order valence-electron chi connectivity index (χ2n) is 8.36. The zero-order valence-corrected chi connectivity index (χ0v) is 17.5. The molecular weight excluding hydrogens is 445 g/mol. The number of carbonyl (C=O) groups is 1. The average Bonchev–Trinajstić information content (AvgIpc) is 3.07. The van der Waals surface area contributed by atoms with Crippen LogP contribution in [0.5, 0.6) is 0 Å². The molecule has 0 aliphatic carbocycles. The summed E-state index contributed by atoms with van der Waals surface area (Å²) in [5.41, 5.74) is 1.24. The van der Waals surface area contributed by atoms with E-state index in [4.69, 9.17) is 0 Å². The van der Waals surface area contributed by atoms with Crippen molar-refractivity contribution in [1.82, 2.24) is 9.80 Å². The van der Waals surface area contributed by atoms with Gasteiger partial charge in [0.1, 0.15) is 5.82 Å². The van der Waals surface area contributed by atoms with Gasteiger partial charge in [-0.3, -0.25) is 4.90 Å². The van der Waals surface area contributed by atoms with Gasteiger partial charge >= 0.3 is 18.4 Å². The number of aryl methyl sites for hydroxylation is 1. The van der Waals surface area contributed by atoms with Crippen molar-refractivity contribution in [2.24, 2.45) is 0 Å². The highest BCUT2D eigenvalue weighted by Gasteiger charge is 2.60. The van der Waals surface area contributed by atoms with Crippen molar-refractivity contribution in [3.05, 3.63) is 35.1 Å². The van der Waals surface area contributed by atoms with Crippen LogP contribution in [-0.4, -0.2) is 59.5 Å². The smallest absolute Gasteiger partial charge is 0.426 e. The van der Waals surface area contributed by atoms with Gasteiger partial charge in [0.15, 0.2) is 0 Å². The molecule has 1 aromatic rings. The van der Waals surface area contributed by atoms with Crippen LogP contribution in [0.1, 0.15) is 43.7 Å². The summed E-state index contributed by atoms with van der Waals surface area (Å²) in [7, 11) is 0. The van der Waals surface area contributed by atoms with Crippen LogP contribution in [0.15, 0.2) is 18.2 Å². The van der Waals surface area contributed by atoms with E-state index in [0.717, 1.165) is 29.8 Å². The summed E-state index contributed by atoms with van der Waals surface area (Å²) in [6, 6.07) is 4.94. The molecule has 0 aromatic heterocycles. The number of nitrogens with zero attached hydrogens (tertiary/aromatic N) is 2. The van der Waals surface area contributed by atoms with Crippen LogP contribution in [0.2, 0.25) is 0 Å². The number of rotatable bonds is 4. The molecule has 0 N–H and O–H groups in total. The molecule has 32 heavy (non-hydrogen) atoms. The Balaban J connectivity index is 1.64. The maximum atomic E-state index is 13.8. The average molecular weight is 470 g/mol. The van der Waals surface area contributed by atoms with Crippen molar-refractivity contribution in [1.29, 1.82) is 0 Å². The van der Waals surface area contributed by atoms with E-state index in [9.17, 15) is 35.5 Å². The van der Waals surface area contributed by atoms with Crippen LogP contribution in [0.25, 0.3) is 0 Å². The molecule has 4 nitrogen and oxygen atoms in total. The Bertz CT molecular complexity index is 803. The largest absolute Gasteiger partial charge is 0.434 e. The number of benzene rings is 1. The maximum Gasteiger partial charge on any atom is 0.434 e. The minimum Gasteiger partial charge on any atom is -0.426 e. The quantitative estimate of drug-likeness (QED) is 0.549. The Morgan fingerprint density at radius 2 is 1.69 bits per heavy atom. The number of piperidine rings is 1. The summed E-state index contributed by atoms with van der Waals surface area (Å²) >= 11 is 0. The van der Waals surface area contributed by atoms with Crippen molar-refractivity contribution in [2.45, 2.75) is 69.6 Å². The van der Waals surface area contributed by atoms with Crippen molar-refractivity contribution >= 4 is 6.09 Å². The van der Waals surface area contributed by atoms with E-state index in [1.165, 1.54) is 6.07 Å². The van der Waals surface area contributed by atoms with E-state index in [1.807, 2.05) is 13.0 Å². The lowest BCUT2D eigenvalue weighted by atomic mass is 9.85. The summed E-state index contributed by atoms with van der Waals surface area (Å²) in [5, 5.41) is 0.